The molecule has 166 valence electrons. The number of ether oxygens (including phenoxy) is 1. The average molecular weight is 430 g/mol. The first-order chi connectivity index (χ1) is 15.0. The summed E-state index contributed by atoms with van der Waals surface area (Å²) in [6, 6.07) is 10.7. The highest BCUT2D eigenvalue weighted by Crippen LogP contribution is 2.44. The fourth-order valence-electron chi connectivity index (χ4n) is 5.88. The van der Waals surface area contributed by atoms with Gasteiger partial charge in [-0.05, 0) is 61.3 Å². The van der Waals surface area contributed by atoms with E-state index in [4.69, 9.17) is 4.74 Å². The van der Waals surface area contributed by atoms with Crippen molar-refractivity contribution in [1.82, 2.24) is 19.6 Å². The summed E-state index contributed by atoms with van der Waals surface area (Å²) in [6.45, 7) is -0.427. The molecule has 2 bridgehead atoms. The number of methoxy groups -OCH3 is 1. The molecule has 4 atom stereocenters. The standard InChI is InChI=1S/C23H28F2N4O2/c1-31-18-7-5-16(6-8-18)20-3-2-4-21-17-11-15(13-28(20)21)12-27(14-17)22(30)19-9-10-29(26-19)23(24)25/h5-10,15,17,20-21,23H,2-4,11-14H2,1H3/t15-,17+,20+,21-/m0/s1. The first-order valence-electron chi connectivity index (χ1n) is 11.1. The predicted molar refractivity (Wildman–Crippen MR) is 111 cm³/mol. The maximum atomic E-state index is 13.0. The minimum absolute atomic E-state index is 0.108. The summed E-state index contributed by atoms with van der Waals surface area (Å²) in [5.74, 6) is 1.45. The number of piperidine rings is 3. The van der Waals surface area contributed by atoms with Gasteiger partial charge in [-0.1, -0.05) is 12.1 Å². The van der Waals surface area contributed by atoms with E-state index >= 15 is 0 Å². The molecule has 31 heavy (non-hydrogen) atoms. The molecule has 1 amide bonds. The largest absolute Gasteiger partial charge is 0.497 e. The molecule has 8 heteroatoms. The molecule has 1 aromatic carbocycles. The van der Waals surface area contributed by atoms with Crippen LogP contribution in [0.25, 0.3) is 0 Å². The number of amides is 1. The Morgan fingerprint density at radius 3 is 2.65 bits per heavy atom. The van der Waals surface area contributed by atoms with E-state index in [1.165, 1.54) is 24.2 Å². The molecule has 2 aromatic rings. The topological polar surface area (TPSA) is 50.6 Å². The summed E-state index contributed by atoms with van der Waals surface area (Å²) < 4.78 is 31.5. The van der Waals surface area contributed by atoms with Crippen LogP contribution in [-0.4, -0.2) is 58.3 Å². The molecular formula is C23H28F2N4O2. The number of rotatable bonds is 4. The second-order valence-electron chi connectivity index (χ2n) is 9.01. The van der Waals surface area contributed by atoms with Gasteiger partial charge >= 0.3 is 6.55 Å². The molecular weight excluding hydrogens is 402 g/mol. The van der Waals surface area contributed by atoms with Gasteiger partial charge in [-0.15, -0.1) is 0 Å². The van der Waals surface area contributed by atoms with E-state index in [1.54, 1.807) is 7.11 Å². The molecule has 4 heterocycles. The number of likely N-dealkylation sites (tertiary alicyclic amines) is 1. The lowest BCUT2D eigenvalue weighted by molar-refractivity contribution is -0.0513. The van der Waals surface area contributed by atoms with Crippen LogP contribution in [0.5, 0.6) is 5.75 Å². The van der Waals surface area contributed by atoms with Crippen molar-refractivity contribution in [1.29, 1.82) is 0 Å². The average Bonchev–Trinajstić information content (AvgIpc) is 3.29. The molecule has 3 aliphatic heterocycles. The van der Waals surface area contributed by atoms with Gasteiger partial charge in [0.05, 0.1) is 7.11 Å². The first-order valence-corrected chi connectivity index (χ1v) is 11.1. The van der Waals surface area contributed by atoms with E-state index in [0.29, 0.717) is 41.7 Å². The Bertz CT molecular complexity index is 932. The highest BCUT2D eigenvalue weighted by molar-refractivity contribution is 5.92. The number of carbonyl (C=O) groups is 1. The number of hydrogen-bond donors (Lipinski definition) is 0. The Hall–Kier alpha value is -2.48. The van der Waals surface area contributed by atoms with Crippen molar-refractivity contribution in [2.45, 2.75) is 44.3 Å². The maximum absolute atomic E-state index is 13.0. The van der Waals surface area contributed by atoms with E-state index in [1.807, 2.05) is 17.0 Å². The van der Waals surface area contributed by atoms with Crippen molar-refractivity contribution < 1.29 is 18.3 Å². The summed E-state index contributed by atoms with van der Waals surface area (Å²) in [7, 11) is 1.68. The van der Waals surface area contributed by atoms with Gasteiger partial charge in [-0.2, -0.15) is 13.9 Å². The zero-order valence-electron chi connectivity index (χ0n) is 17.7. The summed E-state index contributed by atoms with van der Waals surface area (Å²) in [5, 5.41) is 3.78. The van der Waals surface area contributed by atoms with Crippen LogP contribution in [0.15, 0.2) is 36.5 Å². The van der Waals surface area contributed by atoms with Gasteiger partial charge in [0.2, 0.25) is 0 Å². The molecule has 3 aliphatic rings. The normalized spacial score (nSPS) is 28.5. The van der Waals surface area contributed by atoms with Crippen LogP contribution < -0.4 is 4.74 Å². The van der Waals surface area contributed by atoms with Gasteiger partial charge < -0.3 is 9.64 Å². The Labute approximate surface area is 180 Å². The maximum Gasteiger partial charge on any atom is 0.333 e. The quantitative estimate of drug-likeness (QED) is 0.737. The number of alkyl halides is 2. The molecule has 0 aliphatic carbocycles. The van der Waals surface area contributed by atoms with Crippen LogP contribution in [0.4, 0.5) is 8.78 Å². The highest BCUT2D eigenvalue weighted by Gasteiger charge is 2.46. The molecule has 0 spiro atoms. The third kappa shape index (κ3) is 3.82. The Balaban J connectivity index is 1.32. The van der Waals surface area contributed by atoms with Crippen LogP contribution in [0, 0.1) is 11.8 Å². The van der Waals surface area contributed by atoms with E-state index in [2.05, 4.69) is 22.1 Å². The second-order valence-corrected chi connectivity index (χ2v) is 9.01. The lowest BCUT2D eigenvalue weighted by Crippen LogP contribution is -2.60. The smallest absolute Gasteiger partial charge is 0.333 e. The summed E-state index contributed by atoms with van der Waals surface area (Å²) in [5.41, 5.74) is 1.44. The summed E-state index contributed by atoms with van der Waals surface area (Å²) >= 11 is 0. The summed E-state index contributed by atoms with van der Waals surface area (Å²) in [6.07, 6.45) is 5.77. The van der Waals surface area contributed by atoms with Gasteiger partial charge in [0.25, 0.3) is 5.91 Å². The molecule has 3 fully saturated rings. The molecule has 1 aromatic heterocycles. The van der Waals surface area contributed by atoms with Crippen molar-refractivity contribution in [3.8, 4) is 5.75 Å². The van der Waals surface area contributed by atoms with Crippen molar-refractivity contribution in [3.63, 3.8) is 0 Å². The predicted octanol–water partition coefficient (Wildman–Crippen LogP) is 3.97. The van der Waals surface area contributed by atoms with Gasteiger partial charge in [0.1, 0.15) is 5.75 Å². The minimum Gasteiger partial charge on any atom is -0.497 e. The number of halogens is 2. The van der Waals surface area contributed by atoms with Gasteiger partial charge in [-0.3, -0.25) is 9.69 Å². The van der Waals surface area contributed by atoms with Gasteiger partial charge in [-0.25, -0.2) is 4.68 Å². The van der Waals surface area contributed by atoms with Gasteiger partial charge in [0.15, 0.2) is 5.69 Å². The monoisotopic (exact) mass is 430 g/mol. The molecule has 0 N–H and O–H groups in total. The Morgan fingerprint density at radius 1 is 1.13 bits per heavy atom. The molecule has 6 nitrogen and oxygen atoms in total. The van der Waals surface area contributed by atoms with Crippen LogP contribution >= 0.6 is 0 Å². The van der Waals surface area contributed by atoms with Crippen molar-refractivity contribution in [2.24, 2.45) is 11.8 Å². The Kier molecular flexibility index (Phi) is 5.42. The molecule has 0 saturated carbocycles. The van der Waals surface area contributed by atoms with Gasteiger partial charge in [0, 0.05) is 37.9 Å². The molecule has 0 unspecified atom stereocenters. The van der Waals surface area contributed by atoms with E-state index in [-0.39, 0.29) is 11.6 Å². The zero-order valence-corrected chi connectivity index (χ0v) is 17.7. The van der Waals surface area contributed by atoms with E-state index in [9.17, 15) is 13.6 Å². The minimum atomic E-state index is -2.73. The summed E-state index contributed by atoms with van der Waals surface area (Å²) in [4.78, 5) is 17.5. The van der Waals surface area contributed by atoms with Crippen LogP contribution in [0.3, 0.4) is 0 Å². The SMILES string of the molecule is COc1ccc([C@H]2CCC[C@H]3[C@@H]4C[C@@H](CN(C(=O)c5ccn(C(F)F)n5)C4)CN23)cc1. The van der Waals surface area contributed by atoms with Crippen molar-refractivity contribution in [3.05, 3.63) is 47.8 Å². The molecule has 3 saturated heterocycles. The highest BCUT2D eigenvalue weighted by atomic mass is 19.3. The molecule has 0 radical (unpaired) electrons. The number of nitrogens with zero attached hydrogens (tertiary/aromatic N) is 4. The second kappa shape index (κ2) is 8.22. The van der Waals surface area contributed by atoms with Crippen LogP contribution in [0.2, 0.25) is 0 Å². The lowest BCUT2D eigenvalue weighted by atomic mass is 9.74. The number of aromatic nitrogens is 2. The van der Waals surface area contributed by atoms with Crippen molar-refractivity contribution in [2.75, 3.05) is 26.7 Å². The van der Waals surface area contributed by atoms with E-state index in [0.717, 1.165) is 31.6 Å². The number of benzene rings is 1. The van der Waals surface area contributed by atoms with Crippen LogP contribution in [0.1, 0.15) is 54.3 Å². The fourth-order valence-corrected chi connectivity index (χ4v) is 5.88. The number of hydrogen-bond acceptors (Lipinski definition) is 4. The number of fused-ring (bicyclic) bond motifs is 4. The first kappa shape index (κ1) is 20.4. The van der Waals surface area contributed by atoms with Crippen LogP contribution in [-0.2, 0) is 0 Å². The molecule has 5 rings (SSSR count). The lowest BCUT2D eigenvalue weighted by Gasteiger charge is -2.55. The third-order valence-electron chi connectivity index (χ3n) is 7.20. The van der Waals surface area contributed by atoms with E-state index < -0.39 is 6.55 Å². The third-order valence-corrected chi connectivity index (χ3v) is 7.20. The van der Waals surface area contributed by atoms with Crippen molar-refractivity contribution >= 4 is 5.91 Å². The number of carbonyl (C=O) groups excluding carboxylic acids is 1. The Morgan fingerprint density at radius 2 is 1.94 bits per heavy atom. The zero-order chi connectivity index (χ0) is 21.5. The fraction of sp³-hybridized carbons (Fsp3) is 0.565.